The number of hydrogen-bond donors (Lipinski definition) is 2. The molecule has 2 atom stereocenters. The minimum absolute atomic E-state index is 0.319. The summed E-state index contributed by atoms with van der Waals surface area (Å²) < 4.78 is 11.7. The first-order valence-electron chi connectivity index (χ1n) is 7.80. The highest BCUT2D eigenvalue weighted by Gasteiger charge is 2.53. The highest BCUT2D eigenvalue weighted by molar-refractivity contribution is 5.76. The number of rotatable bonds is 8. The number of ether oxygens (including phenoxy) is 2. The van der Waals surface area contributed by atoms with Crippen LogP contribution < -0.4 is 9.47 Å². The maximum absolute atomic E-state index is 11.7. The van der Waals surface area contributed by atoms with Crippen molar-refractivity contribution in [3.8, 4) is 11.5 Å². The third-order valence-electron chi connectivity index (χ3n) is 3.99. The number of carboxylic acid groups (broad SMARTS) is 2. The number of aliphatic carboxylic acids is 2. The number of hydrogen-bond acceptors (Lipinski definition) is 4. The molecule has 0 amide bonds. The molecule has 0 radical (unpaired) electrons. The second-order valence-electron chi connectivity index (χ2n) is 5.67. The fraction of sp³-hybridized carbons (Fsp3) is 0.263. The summed E-state index contributed by atoms with van der Waals surface area (Å²) in [5, 5.41) is 19.1. The Labute approximate surface area is 145 Å². The van der Waals surface area contributed by atoms with Gasteiger partial charge in [-0.05, 0) is 38.1 Å². The molecule has 6 heteroatoms. The summed E-state index contributed by atoms with van der Waals surface area (Å²) in [7, 11) is 0. The van der Waals surface area contributed by atoms with E-state index in [1.54, 1.807) is 60.7 Å². The fourth-order valence-corrected chi connectivity index (χ4v) is 2.44. The average molecular weight is 344 g/mol. The molecule has 2 unspecified atom stereocenters. The molecule has 2 N–H and O–H groups in total. The van der Waals surface area contributed by atoms with Crippen LogP contribution >= 0.6 is 0 Å². The van der Waals surface area contributed by atoms with E-state index in [4.69, 9.17) is 9.47 Å². The predicted molar refractivity (Wildman–Crippen MR) is 90.5 cm³/mol. The van der Waals surface area contributed by atoms with Crippen molar-refractivity contribution in [2.45, 2.75) is 19.6 Å². The van der Waals surface area contributed by atoms with E-state index in [2.05, 4.69) is 0 Å². The molecular formula is C19H20O6. The largest absolute Gasteiger partial charge is 0.481 e. The lowest BCUT2D eigenvalue weighted by Gasteiger charge is -2.40. The molecule has 25 heavy (non-hydrogen) atoms. The predicted octanol–water partition coefficient (Wildman–Crippen LogP) is 3.28. The summed E-state index contributed by atoms with van der Waals surface area (Å²) in [4.78, 5) is 23.4. The molecular weight excluding hydrogens is 324 g/mol. The van der Waals surface area contributed by atoms with Crippen LogP contribution in [0.25, 0.3) is 0 Å². The molecule has 0 spiro atoms. The molecule has 0 saturated carbocycles. The molecule has 0 saturated heterocycles. The lowest BCUT2D eigenvalue weighted by atomic mass is 9.88. The third kappa shape index (κ3) is 4.09. The standard InChI is InChI=1S/C19H20O6/c1-13(17(20)21)19(14(2)18(22)23,24-15-9-5-3-6-10-15)25-16-11-7-4-8-12-16/h3-14H,1-2H3,(H,20,21)(H,22,23). The van der Waals surface area contributed by atoms with Crippen LogP contribution in [-0.4, -0.2) is 27.9 Å². The van der Waals surface area contributed by atoms with Crippen LogP contribution in [0.15, 0.2) is 60.7 Å². The molecule has 0 heterocycles. The van der Waals surface area contributed by atoms with Gasteiger partial charge in [-0.2, -0.15) is 0 Å². The van der Waals surface area contributed by atoms with Crippen LogP contribution in [0.1, 0.15) is 13.8 Å². The van der Waals surface area contributed by atoms with Crippen LogP contribution in [0.4, 0.5) is 0 Å². The molecule has 0 aliphatic rings. The van der Waals surface area contributed by atoms with E-state index in [-0.39, 0.29) is 0 Å². The van der Waals surface area contributed by atoms with E-state index in [0.717, 1.165) is 0 Å². The fourth-order valence-electron chi connectivity index (χ4n) is 2.44. The number of para-hydroxylation sites is 2. The van der Waals surface area contributed by atoms with Crippen LogP contribution in [-0.2, 0) is 9.59 Å². The summed E-state index contributed by atoms with van der Waals surface area (Å²) >= 11 is 0. The maximum atomic E-state index is 11.7. The van der Waals surface area contributed by atoms with E-state index >= 15 is 0 Å². The Balaban J connectivity index is 2.55. The van der Waals surface area contributed by atoms with E-state index in [9.17, 15) is 19.8 Å². The van der Waals surface area contributed by atoms with Crippen molar-refractivity contribution in [3.05, 3.63) is 60.7 Å². The van der Waals surface area contributed by atoms with Crippen molar-refractivity contribution >= 4 is 11.9 Å². The van der Waals surface area contributed by atoms with Crippen LogP contribution in [0, 0.1) is 11.8 Å². The highest BCUT2D eigenvalue weighted by atomic mass is 16.7. The van der Waals surface area contributed by atoms with Crippen molar-refractivity contribution in [1.29, 1.82) is 0 Å². The van der Waals surface area contributed by atoms with E-state index < -0.39 is 29.6 Å². The van der Waals surface area contributed by atoms with Gasteiger partial charge in [0, 0.05) is 0 Å². The van der Waals surface area contributed by atoms with Crippen molar-refractivity contribution in [1.82, 2.24) is 0 Å². The normalized spacial score (nSPS) is 13.5. The molecule has 2 rings (SSSR count). The molecule has 0 bridgehead atoms. The first-order valence-corrected chi connectivity index (χ1v) is 7.80. The third-order valence-corrected chi connectivity index (χ3v) is 3.99. The number of benzene rings is 2. The number of carboxylic acids is 2. The topological polar surface area (TPSA) is 93.1 Å². The van der Waals surface area contributed by atoms with Gasteiger partial charge in [0.1, 0.15) is 23.3 Å². The quantitative estimate of drug-likeness (QED) is 0.714. The van der Waals surface area contributed by atoms with Gasteiger partial charge in [-0.15, -0.1) is 0 Å². The van der Waals surface area contributed by atoms with Crippen molar-refractivity contribution < 1.29 is 29.3 Å². The molecule has 2 aromatic rings. The second kappa shape index (κ2) is 7.70. The minimum atomic E-state index is -1.93. The van der Waals surface area contributed by atoms with Gasteiger partial charge in [0.05, 0.1) is 0 Å². The smallest absolute Gasteiger partial charge is 0.314 e. The first kappa shape index (κ1) is 18.3. The monoisotopic (exact) mass is 344 g/mol. The van der Waals surface area contributed by atoms with E-state index in [1.165, 1.54) is 13.8 Å². The zero-order valence-corrected chi connectivity index (χ0v) is 14.0. The summed E-state index contributed by atoms with van der Waals surface area (Å²) in [6.07, 6.45) is 0. The Kier molecular flexibility index (Phi) is 5.64. The molecule has 6 nitrogen and oxygen atoms in total. The Morgan fingerprint density at radius 1 is 0.760 bits per heavy atom. The summed E-state index contributed by atoms with van der Waals surface area (Å²) in [5.74, 6) is -6.24. The second-order valence-corrected chi connectivity index (χ2v) is 5.67. The van der Waals surface area contributed by atoms with Gasteiger partial charge in [0.25, 0.3) is 5.79 Å². The number of carbonyl (C=O) groups is 2. The van der Waals surface area contributed by atoms with Crippen LogP contribution in [0.5, 0.6) is 11.5 Å². The lowest BCUT2D eigenvalue weighted by Crippen LogP contribution is -2.58. The SMILES string of the molecule is CC(C(=O)O)C(Oc1ccccc1)(Oc1ccccc1)C(C)C(=O)O. The molecule has 0 aromatic heterocycles. The van der Waals surface area contributed by atoms with Crippen LogP contribution in [0.2, 0.25) is 0 Å². The molecule has 0 fully saturated rings. The van der Waals surface area contributed by atoms with Gasteiger partial charge < -0.3 is 19.7 Å². The molecule has 132 valence electrons. The van der Waals surface area contributed by atoms with E-state index in [1.807, 2.05) is 0 Å². The van der Waals surface area contributed by atoms with Crippen molar-refractivity contribution in [2.24, 2.45) is 11.8 Å². The van der Waals surface area contributed by atoms with Gasteiger partial charge >= 0.3 is 11.9 Å². The minimum Gasteiger partial charge on any atom is -0.481 e. The molecule has 0 aliphatic carbocycles. The molecule has 2 aromatic carbocycles. The summed E-state index contributed by atoms with van der Waals surface area (Å²) in [6, 6.07) is 16.8. The molecule has 0 aliphatic heterocycles. The van der Waals surface area contributed by atoms with Gasteiger partial charge in [0.2, 0.25) is 0 Å². The first-order chi connectivity index (χ1) is 11.9. The average Bonchev–Trinajstić information content (AvgIpc) is 2.61. The van der Waals surface area contributed by atoms with Gasteiger partial charge in [-0.3, -0.25) is 9.59 Å². The van der Waals surface area contributed by atoms with Gasteiger partial charge in [-0.25, -0.2) is 0 Å². The summed E-state index contributed by atoms with van der Waals surface area (Å²) in [6.45, 7) is 2.74. The Morgan fingerprint density at radius 2 is 1.08 bits per heavy atom. The van der Waals surface area contributed by atoms with Crippen molar-refractivity contribution in [2.75, 3.05) is 0 Å². The Hall–Kier alpha value is -3.02. The van der Waals surface area contributed by atoms with Gasteiger partial charge in [0.15, 0.2) is 0 Å². The zero-order chi connectivity index (χ0) is 18.4. The van der Waals surface area contributed by atoms with Crippen molar-refractivity contribution in [3.63, 3.8) is 0 Å². The van der Waals surface area contributed by atoms with Gasteiger partial charge in [-0.1, -0.05) is 36.4 Å². The highest BCUT2D eigenvalue weighted by Crippen LogP contribution is 2.35. The van der Waals surface area contributed by atoms with E-state index in [0.29, 0.717) is 11.5 Å². The lowest BCUT2D eigenvalue weighted by molar-refractivity contribution is -0.207. The summed E-state index contributed by atoms with van der Waals surface area (Å²) in [5.41, 5.74) is 0. The van der Waals surface area contributed by atoms with Crippen LogP contribution in [0.3, 0.4) is 0 Å². The Morgan fingerprint density at radius 3 is 1.36 bits per heavy atom. The Bertz CT molecular complexity index is 650. The zero-order valence-electron chi connectivity index (χ0n) is 14.0. The maximum Gasteiger partial charge on any atom is 0.314 e.